The summed E-state index contributed by atoms with van der Waals surface area (Å²) < 4.78 is 29.5. The number of hydrogen-bond donors (Lipinski definition) is 1. The van der Waals surface area contributed by atoms with Crippen molar-refractivity contribution >= 4 is 10.1 Å². The Balaban J connectivity index is 2.65. The predicted octanol–water partition coefficient (Wildman–Crippen LogP) is 2.99. The van der Waals surface area contributed by atoms with Gasteiger partial charge in [-0.3, -0.25) is 5.32 Å². The molecule has 1 N–H and O–H groups in total. The van der Waals surface area contributed by atoms with Gasteiger partial charge < -0.3 is 0 Å². The van der Waals surface area contributed by atoms with Crippen LogP contribution in [0.2, 0.25) is 0 Å². The Morgan fingerprint density at radius 2 is 1.95 bits per heavy atom. The van der Waals surface area contributed by atoms with Crippen LogP contribution < -0.4 is 5.32 Å². The summed E-state index contributed by atoms with van der Waals surface area (Å²) in [7, 11) is -2.01. The van der Waals surface area contributed by atoms with Crippen molar-refractivity contribution in [2.45, 2.75) is 44.2 Å². The minimum Gasteiger partial charge on any atom is -0.294 e. The van der Waals surface area contributed by atoms with Gasteiger partial charge in [-0.1, -0.05) is 29.8 Å². The summed E-state index contributed by atoms with van der Waals surface area (Å²) in [6.45, 7) is 3.88. The molecule has 5 heteroatoms. The van der Waals surface area contributed by atoms with Gasteiger partial charge in [0.05, 0.1) is 4.90 Å². The second-order valence-electron chi connectivity index (χ2n) is 4.64. The van der Waals surface area contributed by atoms with E-state index in [0.717, 1.165) is 18.4 Å². The number of aryl methyl sites for hydroxylation is 1. The third kappa shape index (κ3) is 5.45. The van der Waals surface area contributed by atoms with Crippen molar-refractivity contribution in [2.24, 2.45) is 0 Å². The highest BCUT2D eigenvalue weighted by Gasteiger charge is 2.20. The molecule has 1 atom stereocenters. The molecule has 0 bridgehead atoms. The van der Waals surface area contributed by atoms with E-state index >= 15 is 0 Å². The lowest BCUT2D eigenvalue weighted by molar-refractivity contribution is 0.169. The van der Waals surface area contributed by atoms with Crippen molar-refractivity contribution < 1.29 is 12.6 Å². The molecule has 0 aliphatic rings. The topological polar surface area (TPSA) is 55.4 Å². The van der Waals surface area contributed by atoms with Crippen LogP contribution in [0.25, 0.3) is 0 Å². The van der Waals surface area contributed by atoms with Crippen LogP contribution in [-0.2, 0) is 14.3 Å². The summed E-state index contributed by atoms with van der Waals surface area (Å²) in [5, 5.41) is 2.89. The molecule has 0 spiro atoms. The lowest BCUT2D eigenvalue weighted by atomic mass is 10.2. The van der Waals surface area contributed by atoms with Gasteiger partial charge in [-0.25, -0.2) is 4.18 Å². The van der Waals surface area contributed by atoms with Gasteiger partial charge in [0.2, 0.25) is 0 Å². The standard InChI is InChI=1S/C15H23NO3S/c1-4-5-6-7-8-15(16-3)19-20(17,18)14-11-9-13(2)10-12-14/h4-5,9-12,15-16H,6-8H2,1-3H3. The summed E-state index contributed by atoms with van der Waals surface area (Å²) in [6.07, 6.45) is 5.99. The highest BCUT2D eigenvalue weighted by Crippen LogP contribution is 2.16. The molecule has 0 amide bonds. The van der Waals surface area contributed by atoms with E-state index in [1.807, 2.05) is 19.9 Å². The molecule has 1 rings (SSSR count). The average molecular weight is 297 g/mol. The largest absolute Gasteiger partial charge is 0.298 e. The van der Waals surface area contributed by atoms with Gasteiger partial charge in [0.25, 0.3) is 10.1 Å². The van der Waals surface area contributed by atoms with E-state index < -0.39 is 16.3 Å². The fourth-order valence-electron chi connectivity index (χ4n) is 1.74. The Labute approximate surface area is 122 Å². The van der Waals surface area contributed by atoms with Crippen LogP contribution in [0.4, 0.5) is 0 Å². The molecule has 0 aromatic heterocycles. The maximum atomic E-state index is 12.1. The van der Waals surface area contributed by atoms with Crippen LogP contribution in [0.5, 0.6) is 0 Å². The fourth-order valence-corrected chi connectivity index (χ4v) is 2.82. The first-order valence-corrected chi connectivity index (χ1v) is 8.19. The number of allylic oxidation sites excluding steroid dienone is 2. The molecule has 0 saturated heterocycles. The number of rotatable bonds is 8. The number of benzene rings is 1. The van der Waals surface area contributed by atoms with Crippen molar-refractivity contribution in [3.63, 3.8) is 0 Å². The van der Waals surface area contributed by atoms with Gasteiger partial charge in [0.15, 0.2) is 0 Å². The van der Waals surface area contributed by atoms with Crippen molar-refractivity contribution in [3.05, 3.63) is 42.0 Å². The van der Waals surface area contributed by atoms with E-state index in [4.69, 9.17) is 4.18 Å². The zero-order valence-electron chi connectivity index (χ0n) is 12.3. The molecule has 0 saturated carbocycles. The van der Waals surface area contributed by atoms with Gasteiger partial charge in [-0.15, -0.1) is 0 Å². The molecule has 0 aliphatic heterocycles. The first kappa shape index (κ1) is 16.9. The van der Waals surface area contributed by atoms with Gasteiger partial charge in [-0.2, -0.15) is 8.42 Å². The summed E-state index contributed by atoms with van der Waals surface area (Å²) in [5.74, 6) is 0. The Hall–Kier alpha value is -1.17. The highest BCUT2D eigenvalue weighted by atomic mass is 32.2. The number of hydrogen-bond acceptors (Lipinski definition) is 4. The summed E-state index contributed by atoms with van der Waals surface area (Å²) in [5.41, 5.74) is 1.01. The molecule has 0 heterocycles. The van der Waals surface area contributed by atoms with E-state index in [9.17, 15) is 8.42 Å². The van der Waals surface area contributed by atoms with Crippen LogP contribution in [-0.4, -0.2) is 21.7 Å². The van der Waals surface area contributed by atoms with Gasteiger partial charge >= 0.3 is 0 Å². The van der Waals surface area contributed by atoms with Gasteiger partial charge in [0, 0.05) is 0 Å². The van der Waals surface area contributed by atoms with Gasteiger partial charge in [0.1, 0.15) is 6.23 Å². The molecular weight excluding hydrogens is 274 g/mol. The molecule has 112 valence electrons. The molecule has 1 aromatic rings. The highest BCUT2D eigenvalue weighted by molar-refractivity contribution is 7.86. The normalized spacial score (nSPS) is 13.8. The molecule has 1 unspecified atom stereocenters. The lowest BCUT2D eigenvalue weighted by Gasteiger charge is -2.16. The molecule has 0 fully saturated rings. The molecule has 4 nitrogen and oxygen atoms in total. The van der Waals surface area contributed by atoms with Crippen molar-refractivity contribution in [3.8, 4) is 0 Å². The van der Waals surface area contributed by atoms with E-state index in [2.05, 4.69) is 11.4 Å². The maximum Gasteiger partial charge on any atom is 0.298 e. The number of unbranched alkanes of at least 4 members (excludes halogenated alkanes) is 1. The monoisotopic (exact) mass is 297 g/mol. The lowest BCUT2D eigenvalue weighted by Crippen LogP contribution is -2.30. The summed E-state index contributed by atoms with van der Waals surface area (Å²) in [4.78, 5) is 0.191. The minimum atomic E-state index is -3.71. The fraction of sp³-hybridized carbons (Fsp3) is 0.467. The second kappa shape index (κ2) is 8.19. The predicted molar refractivity (Wildman–Crippen MR) is 81.0 cm³/mol. The van der Waals surface area contributed by atoms with Gasteiger partial charge in [-0.05, 0) is 52.3 Å². The molecule has 20 heavy (non-hydrogen) atoms. The maximum absolute atomic E-state index is 12.1. The Bertz CT molecular complexity index is 521. The zero-order valence-corrected chi connectivity index (χ0v) is 13.1. The van der Waals surface area contributed by atoms with E-state index in [-0.39, 0.29) is 4.90 Å². The Kier molecular flexibility index (Phi) is 6.91. The molecule has 1 aromatic carbocycles. The van der Waals surface area contributed by atoms with E-state index in [0.29, 0.717) is 6.42 Å². The first-order chi connectivity index (χ1) is 9.49. The Morgan fingerprint density at radius 1 is 1.30 bits per heavy atom. The number of nitrogens with one attached hydrogen (secondary N) is 1. The van der Waals surface area contributed by atoms with E-state index in [1.165, 1.54) is 0 Å². The summed E-state index contributed by atoms with van der Waals surface area (Å²) in [6, 6.07) is 6.65. The van der Waals surface area contributed by atoms with Crippen molar-refractivity contribution in [2.75, 3.05) is 7.05 Å². The first-order valence-electron chi connectivity index (χ1n) is 6.78. The van der Waals surface area contributed by atoms with Crippen LogP contribution >= 0.6 is 0 Å². The van der Waals surface area contributed by atoms with Crippen LogP contribution in [0.3, 0.4) is 0 Å². The smallest absolute Gasteiger partial charge is 0.294 e. The zero-order chi connectivity index (χ0) is 15.0. The Morgan fingerprint density at radius 3 is 2.50 bits per heavy atom. The quantitative estimate of drug-likeness (QED) is 0.347. The SMILES string of the molecule is CC=CCCCC(NC)OS(=O)(=O)c1ccc(C)cc1. The molecule has 0 radical (unpaired) electrons. The van der Waals surface area contributed by atoms with Crippen LogP contribution in [0.1, 0.15) is 31.7 Å². The second-order valence-corrected chi connectivity index (χ2v) is 6.21. The minimum absolute atomic E-state index is 0.191. The molecular formula is C15H23NO3S. The van der Waals surface area contributed by atoms with E-state index in [1.54, 1.807) is 31.3 Å². The summed E-state index contributed by atoms with van der Waals surface area (Å²) >= 11 is 0. The van der Waals surface area contributed by atoms with Crippen LogP contribution in [0.15, 0.2) is 41.3 Å². The van der Waals surface area contributed by atoms with Crippen LogP contribution in [0, 0.1) is 6.92 Å². The van der Waals surface area contributed by atoms with Crippen molar-refractivity contribution in [1.29, 1.82) is 0 Å². The van der Waals surface area contributed by atoms with Crippen molar-refractivity contribution in [1.82, 2.24) is 5.32 Å². The third-order valence-electron chi connectivity index (χ3n) is 2.95. The third-order valence-corrected chi connectivity index (χ3v) is 4.28. The average Bonchev–Trinajstić information content (AvgIpc) is 2.42. The molecule has 0 aliphatic carbocycles.